The zero-order chi connectivity index (χ0) is 19.6. The lowest BCUT2D eigenvalue weighted by atomic mass is 10.1. The van der Waals surface area contributed by atoms with E-state index in [1.165, 1.54) is 5.56 Å². The molecule has 1 saturated heterocycles. The number of aliphatic imine (C=N–C) groups is 1. The Hall–Kier alpha value is -2.03. The molecule has 2 heterocycles. The average Bonchev–Trinajstić information content (AvgIpc) is 3.40. The predicted octanol–water partition coefficient (Wildman–Crippen LogP) is 3.23. The molecule has 29 heavy (non-hydrogen) atoms. The summed E-state index contributed by atoms with van der Waals surface area (Å²) in [4.78, 5) is 18.6. The zero-order valence-electron chi connectivity index (χ0n) is 17.0. The Morgan fingerprint density at radius 3 is 2.76 bits per heavy atom. The van der Waals surface area contributed by atoms with Gasteiger partial charge in [0.25, 0.3) is 0 Å². The number of carbonyl (C=O) groups is 1. The van der Waals surface area contributed by atoms with Crippen LogP contribution >= 0.6 is 24.0 Å². The number of likely N-dealkylation sites (tertiary alicyclic amines) is 1. The van der Waals surface area contributed by atoms with Gasteiger partial charge in [-0.15, -0.1) is 24.0 Å². The summed E-state index contributed by atoms with van der Waals surface area (Å²) in [5.41, 5.74) is 1.30. The van der Waals surface area contributed by atoms with Gasteiger partial charge in [-0.1, -0.05) is 37.3 Å². The van der Waals surface area contributed by atoms with Gasteiger partial charge in [-0.05, 0) is 30.5 Å². The first-order valence-corrected chi connectivity index (χ1v) is 10.1. The van der Waals surface area contributed by atoms with Gasteiger partial charge in [0.15, 0.2) is 5.96 Å². The maximum atomic E-state index is 11.9. The monoisotopic (exact) mass is 510 g/mol. The van der Waals surface area contributed by atoms with Gasteiger partial charge in [-0.3, -0.25) is 9.79 Å². The first-order chi connectivity index (χ1) is 13.7. The lowest BCUT2D eigenvalue weighted by Gasteiger charge is -2.19. The second-order valence-electron chi connectivity index (χ2n) is 7.05. The van der Waals surface area contributed by atoms with E-state index >= 15 is 0 Å². The van der Waals surface area contributed by atoms with E-state index in [2.05, 4.69) is 34.9 Å². The van der Waals surface area contributed by atoms with E-state index in [1.54, 1.807) is 6.26 Å². The van der Waals surface area contributed by atoms with E-state index in [1.807, 2.05) is 30.0 Å². The Morgan fingerprint density at radius 2 is 2.03 bits per heavy atom. The fourth-order valence-corrected chi connectivity index (χ4v) is 3.38. The van der Waals surface area contributed by atoms with Gasteiger partial charge in [0.1, 0.15) is 5.76 Å². The molecule has 3 rings (SSSR count). The molecule has 1 atom stereocenters. The van der Waals surface area contributed by atoms with Gasteiger partial charge in [0, 0.05) is 45.1 Å². The Kier molecular flexibility index (Phi) is 10.0. The minimum absolute atomic E-state index is 0. The first kappa shape index (κ1) is 23.3. The fraction of sp³-hybridized carbons (Fsp3) is 0.455. The van der Waals surface area contributed by atoms with Gasteiger partial charge in [0.2, 0.25) is 5.91 Å². The van der Waals surface area contributed by atoms with Crippen molar-refractivity contribution < 1.29 is 9.21 Å². The summed E-state index contributed by atoms with van der Waals surface area (Å²) < 4.78 is 5.39. The summed E-state index contributed by atoms with van der Waals surface area (Å²) in [5.74, 6) is 1.96. The Labute approximate surface area is 190 Å². The minimum Gasteiger partial charge on any atom is -0.469 e. The van der Waals surface area contributed by atoms with Crippen molar-refractivity contribution in [3.8, 4) is 0 Å². The van der Waals surface area contributed by atoms with Crippen LogP contribution in [-0.2, 0) is 17.6 Å². The standard InChI is InChI=1S/C22H30N4O2.HI/c1-2-21(27)26-15-12-19(17-26)25-22(24-14-11-20-9-6-16-28-20)23-13-10-18-7-4-3-5-8-18;/h3-9,16,19H,2,10-15,17H2,1H3,(H2,23,24,25);1H. The summed E-state index contributed by atoms with van der Waals surface area (Å²) >= 11 is 0. The maximum Gasteiger partial charge on any atom is 0.222 e. The van der Waals surface area contributed by atoms with Gasteiger partial charge >= 0.3 is 0 Å². The minimum atomic E-state index is 0. The highest BCUT2D eigenvalue weighted by Crippen LogP contribution is 2.10. The number of nitrogens with zero attached hydrogens (tertiary/aromatic N) is 2. The molecule has 1 amide bonds. The van der Waals surface area contributed by atoms with Gasteiger partial charge in [-0.25, -0.2) is 0 Å². The Balaban J connectivity index is 0.00000300. The smallest absolute Gasteiger partial charge is 0.222 e. The third-order valence-electron chi connectivity index (χ3n) is 4.94. The van der Waals surface area contributed by atoms with Gasteiger partial charge in [-0.2, -0.15) is 0 Å². The van der Waals surface area contributed by atoms with Crippen LogP contribution in [0, 0.1) is 0 Å². The summed E-state index contributed by atoms with van der Waals surface area (Å²) in [5, 5.41) is 6.94. The number of hydrogen-bond acceptors (Lipinski definition) is 3. The lowest BCUT2D eigenvalue weighted by molar-refractivity contribution is -0.129. The summed E-state index contributed by atoms with van der Waals surface area (Å²) in [6.07, 6.45) is 4.90. The third-order valence-corrected chi connectivity index (χ3v) is 4.94. The number of guanidine groups is 1. The van der Waals surface area contributed by atoms with E-state index in [9.17, 15) is 4.79 Å². The van der Waals surface area contributed by atoms with Crippen LogP contribution < -0.4 is 10.6 Å². The topological polar surface area (TPSA) is 69.9 Å². The van der Waals surface area contributed by atoms with Crippen molar-refractivity contribution in [2.75, 3.05) is 26.2 Å². The largest absolute Gasteiger partial charge is 0.469 e. The summed E-state index contributed by atoms with van der Waals surface area (Å²) in [6.45, 7) is 4.92. The second-order valence-corrected chi connectivity index (χ2v) is 7.05. The van der Waals surface area contributed by atoms with Crippen LogP contribution in [0.3, 0.4) is 0 Å². The number of carbonyl (C=O) groups excluding carboxylic acids is 1. The van der Waals surface area contributed by atoms with Gasteiger partial charge in [0.05, 0.1) is 6.26 Å². The number of halogens is 1. The molecule has 0 radical (unpaired) electrons. The molecule has 0 bridgehead atoms. The van der Waals surface area contributed by atoms with E-state index in [0.29, 0.717) is 13.0 Å². The molecular weight excluding hydrogens is 479 g/mol. The summed E-state index contributed by atoms with van der Waals surface area (Å²) in [6, 6.07) is 14.5. The molecule has 1 aliphatic rings. The molecule has 1 aliphatic heterocycles. The average molecular weight is 510 g/mol. The fourth-order valence-electron chi connectivity index (χ4n) is 3.38. The van der Waals surface area contributed by atoms with Crippen molar-refractivity contribution in [1.29, 1.82) is 0 Å². The van der Waals surface area contributed by atoms with Crippen molar-refractivity contribution >= 4 is 35.8 Å². The Morgan fingerprint density at radius 1 is 1.21 bits per heavy atom. The van der Waals surface area contributed by atoms with E-state index < -0.39 is 0 Å². The number of rotatable bonds is 8. The van der Waals surface area contributed by atoms with Crippen LogP contribution in [0.2, 0.25) is 0 Å². The molecule has 1 aromatic carbocycles. The van der Waals surface area contributed by atoms with Crippen LogP contribution in [0.5, 0.6) is 0 Å². The third kappa shape index (κ3) is 7.72. The number of benzene rings is 1. The quantitative estimate of drug-likeness (QED) is 0.325. The van der Waals surface area contributed by atoms with Crippen LogP contribution in [0.4, 0.5) is 0 Å². The van der Waals surface area contributed by atoms with Crippen LogP contribution in [0.25, 0.3) is 0 Å². The molecule has 2 N–H and O–H groups in total. The Bertz CT molecular complexity index is 749. The summed E-state index contributed by atoms with van der Waals surface area (Å²) in [7, 11) is 0. The second kappa shape index (κ2) is 12.5. The lowest BCUT2D eigenvalue weighted by Crippen LogP contribution is -2.45. The molecule has 1 aromatic heterocycles. The molecule has 2 aromatic rings. The molecule has 1 fully saturated rings. The van der Waals surface area contributed by atoms with Crippen LogP contribution in [-0.4, -0.2) is 49.0 Å². The molecule has 0 saturated carbocycles. The highest BCUT2D eigenvalue weighted by Gasteiger charge is 2.25. The molecule has 0 aliphatic carbocycles. The number of amides is 1. The van der Waals surface area contributed by atoms with E-state index in [0.717, 1.165) is 50.6 Å². The maximum absolute atomic E-state index is 11.9. The first-order valence-electron chi connectivity index (χ1n) is 10.1. The van der Waals surface area contributed by atoms with E-state index in [4.69, 9.17) is 9.41 Å². The van der Waals surface area contributed by atoms with Crippen molar-refractivity contribution in [1.82, 2.24) is 15.5 Å². The predicted molar refractivity (Wildman–Crippen MR) is 127 cm³/mol. The SMILES string of the molecule is CCC(=O)N1CCC(NC(=NCCc2ccco2)NCCc2ccccc2)C1.I. The molecule has 7 heteroatoms. The van der Waals surface area contributed by atoms with Crippen LogP contribution in [0.1, 0.15) is 31.1 Å². The molecule has 1 unspecified atom stereocenters. The number of nitrogens with one attached hydrogen (secondary N) is 2. The molecule has 158 valence electrons. The molecular formula is C22H31IN4O2. The van der Waals surface area contributed by atoms with Crippen LogP contribution in [0.15, 0.2) is 58.1 Å². The van der Waals surface area contributed by atoms with Crippen molar-refractivity contribution in [2.45, 2.75) is 38.6 Å². The highest BCUT2D eigenvalue weighted by molar-refractivity contribution is 14.0. The number of furan rings is 1. The molecule has 0 spiro atoms. The molecule has 6 nitrogen and oxygen atoms in total. The normalized spacial score (nSPS) is 16.4. The van der Waals surface area contributed by atoms with Gasteiger partial charge < -0.3 is 20.0 Å². The highest BCUT2D eigenvalue weighted by atomic mass is 127. The van der Waals surface area contributed by atoms with Crippen molar-refractivity contribution in [2.24, 2.45) is 4.99 Å². The zero-order valence-corrected chi connectivity index (χ0v) is 19.3. The number of hydrogen-bond donors (Lipinski definition) is 2. The van der Waals surface area contributed by atoms with Crippen molar-refractivity contribution in [3.63, 3.8) is 0 Å². The van der Waals surface area contributed by atoms with Crippen molar-refractivity contribution in [3.05, 3.63) is 60.1 Å². The van der Waals surface area contributed by atoms with E-state index in [-0.39, 0.29) is 35.9 Å².